The number of benzene rings is 2. The van der Waals surface area contributed by atoms with Crippen molar-refractivity contribution in [2.75, 3.05) is 13.1 Å². The highest BCUT2D eigenvalue weighted by Crippen LogP contribution is 2.19. The third-order valence-corrected chi connectivity index (χ3v) is 3.94. The lowest BCUT2D eigenvalue weighted by atomic mass is 9.97. The van der Waals surface area contributed by atoms with E-state index in [0.717, 1.165) is 35.8 Å². The topological polar surface area (TPSA) is 41.1 Å². The van der Waals surface area contributed by atoms with E-state index in [1.165, 1.54) is 0 Å². The van der Waals surface area contributed by atoms with Crippen molar-refractivity contribution in [3.63, 3.8) is 0 Å². The number of piperidine rings is 1. The highest BCUT2D eigenvalue weighted by Gasteiger charge is 2.21. The Hall–Kier alpha value is -1.87. The van der Waals surface area contributed by atoms with Crippen LogP contribution in [0.25, 0.3) is 10.8 Å². The van der Waals surface area contributed by atoms with Crippen LogP contribution in [0.3, 0.4) is 0 Å². The summed E-state index contributed by atoms with van der Waals surface area (Å²) in [5, 5.41) is 8.64. The molecular formula is C17H20N2O. The number of hydrogen-bond donors (Lipinski definition) is 2. The summed E-state index contributed by atoms with van der Waals surface area (Å²) in [7, 11) is 0. The maximum Gasteiger partial charge on any atom is 0.252 e. The first-order valence-electron chi connectivity index (χ1n) is 7.23. The van der Waals surface area contributed by atoms with E-state index in [2.05, 4.69) is 17.6 Å². The van der Waals surface area contributed by atoms with E-state index in [9.17, 15) is 4.79 Å². The highest BCUT2D eigenvalue weighted by atomic mass is 16.1. The molecule has 1 heterocycles. The van der Waals surface area contributed by atoms with Crippen LogP contribution in [-0.4, -0.2) is 25.0 Å². The molecule has 1 saturated heterocycles. The van der Waals surface area contributed by atoms with Gasteiger partial charge >= 0.3 is 0 Å². The molecule has 20 heavy (non-hydrogen) atoms. The minimum atomic E-state index is 0.0303. The number of hydrogen-bond acceptors (Lipinski definition) is 2. The summed E-state index contributed by atoms with van der Waals surface area (Å²) in [5.41, 5.74) is 0.765. The minimum Gasteiger partial charge on any atom is -0.348 e. The molecule has 2 N–H and O–H groups in total. The van der Waals surface area contributed by atoms with Gasteiger partial charge in [0.15, 0.2) is 0 Å². The number of rotatable bonds is 2. The molecule has 2 atom stereocenters. The molecule has 0 aliphatic carbocycles. The predicted molar refractivity (Wildman–Crippen MR) is 81.9 cm³/mol. The monoisotopic (exact) mass is 268 g/mol. The van der Waals surface area contributed by atoms with Gasteiger partial charge in [-0.2, -0.15) is 0 Å². The summed E-state index contributed by atoms with van der Waals surface area (Å²) in [5.74, 6) is 0.643. The molecule has 0 radical (unpaired) electrons. The van der Waals surface area contributed by atoms with E-state index < -0.39 is 0 Å². The van der Waals surface area contributed by atoms with Gasteiger partial charge in [-0.1, -0.05) is 43.3 Å². The second-order valence-corrected chi connectivity index (χ2v) is 5.70. The normalized spacial score (nSPS) is 22.6. The van der Waals surface area contributed by atoms with Crippen molar-refractivity contribution in [1.82, 2.24) is 10.6 Å². The molecule has 1 aliphatic rings. The van der Waals surface area contributed by atoms with Crippen LogP contribution in [0.1, 0.15) is 23.7 Å². The molecule has 3 rings (SSSR count). The van der Waals surface area contributed by atoms with Gasteiger partial charge in [0.25, 0.3) is 5.91 Å². The van der Waals surface area contributed by atoms with Gasteiger partial charge in [-0.3, -0.25) is 4.79 Å². The largest absolute Gasteiger partial charge is 0.348 e. The quantitative estimate of drug-likeness (QED) is 0.879. The Balaban J connectivity index is 1.82. The Labute approximate surface area is 119 Å². The van der Waals surface area contributed by atoms with E-state index >= 15 is 0 Å². The smallest absolute Gasteiger partial charge is 0.252 e. The van der Waals surface area contributed by atoms with E-state index in [4.69, 9.17) is 0 Å². The Morgan fingerprint density at radius 3 is 2.80 bits per heavy atom. The molecule has 104 valence electrons. The molecule has 0 saturated carbocycles. The van der Waals surface area contributed by atoms with Crippen LogP contribution in [0.5, 0.6) is 0 Å². The zero-order valence-electron chi connectivity index (χ0n) is 11.7. The van der Waals surface area contributed by atoms with Gasteiger partial charge in [0.1, 0.15) is 0 Å². The van der Waals surface area contributed by atoms with Crippen molar-refractivity contribution in [3.8, 4) is 0 Å². The van der Waals surface area contributed by atoms with Gasteiger partial charge in [0.05, 0.1) is 0 Å². The highest BCUT2D eigenvalue weighted by molar-refractivity contribution is 6.07. The molecule has 3 heteroatoms. The van der Waals surface area contributed by atoms with Crippen LogP contribution in [-0.2, 0) is 0 Å². The second-order valence-electron chi connectivity index (χ2n) is 5.70. The number of carbonyl (C=O) groups excluding carboxylic acids is 1. The fourth-order valence-electron chi connectivity index (χ4n) is 2.95. The zero-order chi connectivity index (χ0) is 13.9. The SMILES string of the molecule is CC1CNCC(NC(=O)c2cccc3ccccc23)C1. The van der Waals surface area contributed by atoms with E-state index in [1.54, 1.807) is 0 Å². The Bertz CT molecular complexity index is 618. The summed E-state index contributed by atoms with van der Waals surface area (Å²) >= 11 is 0. The van der Waals surface area contributed by atoms with Crippen molar-refractivity contribution < 1.29 is 4.79 Å². The van der Waals surface area contributed by atoms with Gasteiger partial charge in [-0.15, -0.1) is 0 Å². The first kappa shape index (κ1) is 13.1. The summed E-state index contributed by atoms with van der Waals surface area (Å²) in [6.07, 6.45) is 1.05. The Kier molecular flexibility index (Phi) is 3.70. The van der Waals surface area contributed by atoms with Crippen molar-refractivity contribution in [2.45, 2.75) is 19.4 Å². The zero-order valence-corrected chi connectivity index (χ0v) is 11.7. The van der Waals surface area contributed by atoms with Crippen LogP contribution in [0.15, 0.2) is 42.5 Å². The Morgan fingerprint density at radius 1 is 1.15 bits per heavy atom. The molecule has 2 aromatic rings. The number of nitrogens with one attached hydrogen (secondary N) is 2. The summed E-state index contributed by atoms with van der Waals surface area (Å²) in [6.45, 7) is 4.12. The molecule has 1 amide bonds. The first-order valence-corrected chi connectivity index (χ1v) is 7.23. The molecule has 2 aromatic carbocycles. The lowest BCUT2D eigenvalue weighted by Gasteiger charge is -2.28. The molecule has 0 spiro atoms. The van der Waals surface area contributed by atoms with Crippen LogP contribution >= 0.6 is 0 Å². The number of amides is 1. The van der Waals surface area contributed by atoms with Gasteiger partial charge in [0, 0.05) is 18.2 Å². The van der Waals surface area contributed by atoms with Crippen LogP contribution in [0, 0.1) is 5.92 Å². The van der Waals surface area contributed by atoms with Gasteiger partial charge in [-0.05, 0) is 35.7 Å². The molecular weight excluding hydrogens is 248 g/mol. The minimum absolute atomic E-state index is 0.0303. The standard InChI is InChI=1S/C17H20N2O/c1-12-9-14(11-18-10-12)19-17(20)16-8-4-6-13-5-2-3-7-15(13)16/h2-8,12,14,18H,9-11H2,1H3,(H,19,20). The van der Waals surface area contributed by atoms with Gasteiger partial charge < -0.3 is 10.6 Å². The van der Waals surface area contributed by atoms with Crippen LogP contribution in [0.2, 0.25) is 0 Å². The maximum absolute atomic E-state index is 12.5. The lowest BCUT2D eigenvalue weighted by molar-refractivity contribution is 0.0927. The average molecular weight is 268 g/mol. The molecule has 2 unspecified atom stereocenters. The fraction of sp³-hybridized carbons (Fsp3) is 0.353. The molecule has 1 aliphatic heterocycles. The Morgan fingerprint density at radius 2 is 1.95 bits per heavy atom. The summed E-state index contributed by atoms with van der Waals surface area (Å²) in [4.78, 5) is 12.5. The third kappa shape index (κ3) is 2.68. The molecule has 1 fully saturated rings. The fourth-order valence-corrected chi connectivity index (χ4v) is 2.95. The summed E-state index contributed by atoms with van der Waals surface area (Å²) < 4.78 is 0. The average Bonchev–Trinajstić information content (AvgIpc) is 2.46. The predicted octanol–water partition coefficient (Wildman–Crippen LogP) is 2.57. The lowest BCUT2D eigenvalue weighted by Crippen LogP contribution is -2.48. The maximum atomic E-state index is 12.5. The van der Waals surface area contributed by atoms with Crippen LogP contribution < -0.4 is 10.6 Å². The van der Waals surface area contributed by atoms with Crippen molar-refractivity contribution in [2.24, 2.45) is 5.92 Å². The molecule has 3 nitrogen and oxygen atoms in total. The second kappa shape index (κ2) is 5.63. The van der Waals surface area contributed by atoms with E-state index in [1.807, 2.05) is 42.5 Å². The van der Waals surface area contributed by atoms with Gasteiger partial charge in [0.2, 0.25) is 0 Å². The van der Waals surface area contributed by atoms with Crippen molar-refractivity contribution in [3.05, 3.63) is 48.0 Å². The van der Waals surface area contributed by atoms with Crippen molar-refractivity contribution in [1.29, 1.82) is 0 Å². The van der Waals surface area contributed by atoms with Gasteiger partial charge in [-0.25, -0.2) is 0 Å². The first-order chi connectivity index (χ1) is 9.74. The van der Waals surface area contributed by atoms with E-state index in [0.29, 0.717) is 5.92 Å². The third-order valence-electron chi connectivity index (χ3n) is 3.94. The molecule has 0 aromatic heterocycles. The summed E-state index contributed by atoms with van der Waals surface area (Å²) in [6, 6.07) is 14.1. The van der Waals surface area contributed by atoms with Crippen LogP contribution in [0.4, 0.5) is 0 Å². The van der Waals surface area contributed by atoms with E-state index in [-0.39, 0.29) is 11.9 Å². The molecule has 0 bridgehead atoms. The number of carbonyl (C=O) groups is 1. The van der Waals surface area contributed by atoms with Crippen molar-refractivity contribution >= 4 is 16.7 Å². The number of fused-ring (bicyclic) bond motifs is 1.